The first kappa shape index (κ1) is 15.3. The molecule has 1 aliphatic heterocycles. The minimum Gasteiger partial charge on any atom is -0.329 e. The van der Waals surface area contributed by atoms with Crippen molar-refractivity contribution >= 4 is 0 Å². The Morgan fingerprint density at radius 3 is 2.15 bits per heavy atom. The standard InChI is InChI=1S/C14H20F3N3/c15-14(16,17)13(10-18)20-8-6-19(7-9-20)11-12-4-2-1-3-5-12/h1-5,13H,6-11,18H2. The number of benzene rings is 1. The molecule has 3 nitrogen and oxygen atoms in total. The molecule has 0 saturated carbocycles. The summed E-state index contributed by atoms with van der Waals surface area (Å²) < 4.78 is 38.4. The van der Waals surface area contributed by atoms with Crippen LogP contribution in [0.4, 0.5) is 13.2 Å². The van der Waals surface area contributed by atoms with Crippen molar-refractivity contribution in [1.82, 2.24) is 9.80 Å². The average Bonchev–Trinajstić information content (AvgIpc) is 2.41. The molecule has 20 heavy (non-hydrogen) atoms. The first-order chi connectivity index (χ1) is 9.50. The summed E-state index contributed by atoms with van der Waals surface area (Å²) in [7, 11) is 0. The van der Waals surface area contributed by atoms with Crippen LogP contribution in [0.1, 0.15) is 5.56 Å². The van der Waals surface area contributed by atoms with Crippen molar-refractivity contribution in [2.45, 2.75) is 18.8 Å². The summed E-state index contributed by atoms with van der Waals surface area (Å²) in [5, 5.41) is 0. The van der Waals surface area contributed by atoms with Crippen molar-refractivity contribution in [2.75, 3.05) is 32.7 Å². The normalized spacial score (nSPS) is 20.0. The van der Waals surface area contributed by atoms with E-state index in [4.69, 9.17) is 5.73 Å². The van der Waals surface area contributed by atoms with Crippen LogP contribution in [-0.2, 0) is 6.54 Å². The molecule has 0 radical (unpaired) electrons. The van der Waals surface area contributed by atoms with E-state index in [0.29, 0.717) is 26.2 Å². The molecule has 2 rings (SSSR count). The van der Waals surface area contributed by atoms with Gasteiger partial charge in [-0.05, 0) is 5.56 Å². The van der Waals surface area contributed by atoms with E-state index in [1.807, 2.05) is 30.3 Å². The maximum Gasteiger partial charge on any atom is 0.405 e. The lowest BCUT2D eigenvalue weighted by Gasteiger charge is -2.39. The molecule has 1 aliphatic rings. The van der Waals surface area contributed by atoms with Crippen molar-refractivity contribution in [1.29, 1.82) is 0 Å². The fourth-order valence-corrected chi connectivity index (χ4v) is 2.56. The number of hydrogen-bond acceptors (Lipinski definition) is 3. The largest absolute Gasteiger partial charge is 0.405 e. The molecule has 1 fully saturated rings. The molecule has 2 N–H and O–H groups in total. The van der Waals surface area contributed by atoms with Crippen LogP contribution < -0.4 is 5.73 Å². The lowest BCUT2D eigenvalue weighted by atomic mass is 10.1. The maximum absolute atomic E-state index is 12.8. The maximum atomic E-state index is 12.8. The summed E-state index contributed by atoms with van der Waals surface area (Å²) in [6.45, 7) is 2.52. The minimum absolute atomic E-state index is 0.373. The van der Waals surface area contributed by atoms with Crippen LogP contribution in [0, 0.1) is 0 Å². The molecule has 0 amide bonds. The van der Waals surface area contributed by atoms with E-state index in [0.717, 1.165) is 6.54 Å². The quantitative estimate of drug-likeness (QED) is 0.915. The molecular formula is C14H20F3N3. The van der Waals surface area contributed by atoms with Gasteiger partial charge in [0.15, 0.2) is 0 Å². The summed E-state index contributed by atoms with van der Waals surface area (Å²) in [6, 6.07) is 8.45. The molecule has 1 aromatic carbocycles. The van der Waals surface area contributed by atoms with E-state index in [1.165, 1.54) is 10.5 Å². The van der Waals surface area contributed by atoms with Gasteiger partial charge in [-0.15, -0.1) is 0 Å². The lowest BCUT2D eigenvalue weighted by Crippen LogP contribution is -2.57. The number of hydrogen-bond donors (Lipinski definition) is 1. The molecular weight excluding hydrogens is 267 g/mol. The molecule has 112 valence electrons. The fourth-order valence-electron chi connectivity index (χ4n) is 2.56. The second-order valence-corrected chi connectivity index (χ2v) is 5.09. The third kappa shape index (κ3) is 3.94. The van der Waals surface area contributed by atoms with Gasteiger partial charge in [0.1, 0.15) is 6.04 Å². The van der Waals surface area contributed by atoms with E-state index in [2.05, 4.69) is 4.90 Å². The first-order valence-corrected chi connectivity index (χ1v) is 6.78. The number of nitrogens with two attached hydrogens (primary N) is 1. The van der Waals surface area contributed by atoms with Crippen LogP contribution in [0.3, 0.4) is 0 Å². The Bertz CT molecular complexity index is 400. The highest BCUT2D eigenvalue weighted by Gasteiger charge is 2.43. The molecule has 1 saturated heterocycles. The smallest absolute Gasteiger partial charge is 0.329 e. The number of nitrogens with zero attached hydrogens (tertiary/aromatic N) is 2. The van der Waals surface area contributed by atoms with Crippen molar-refractivity contribution in [3.05, 3.63) is 35.9 Å². The second kappa shape index (κ2) is 6.56. The second-order valence-electron chi connectivity index (χ2n) is 5.09. The Balaban J connectivity index is 1.86. The first-order valence-electron chi connectivity index (χ1n) is 6.78. The summed E-state index contributed by atoms with van der Waals surface area (Å²) in [5.74, 6) is 0. The third-order valence-electron chi connectivity index (χ3n) is 3.70. The van der Waals surface area contributed by atoms with Gasteiger partial charge < -0.3 is 5.73 Å². The third-order valence-corrected chi connectivity index (χ3v) is 3.70. The molecule has 1 atom stereocenters. The molecule has 1 aromatic rings. The van der Waals surface area contributed by atoms with Crippen LogP contribution in [-0.4, -0.2) is 54.7 Å². The summed E-state index contributed by atoms with van der Waals surface area (Å²) in [6.07, 6.45) is -4.24. The minimum atomic E-state index is -4.24. The van der Waals surface area contributed by atoms with Gasteiger partial charge >= 0.3 is 6.18 Å². The van der Waals surface area contributed by atoms with Crippen LogP contribution >= 0.6 is 0 Å². The van der Waals surface area contributed by atoms with Crippen molar-refractivity contribution < 1.29 is 13.2 Å². The molecule has 0 bridgehead atoms. The zero-order valence-electron chi connectivity index (χ0n) is 11.3. The summed E-state index contributed by atoms with van der Waals surface area (Å²) in [5.41, 5.74) is 6.46. The predicted molar refractivity (Wildman–Crippen MR) is 72.2 cm³/mol. The van der Waals surface area contributed by atoms with Crippen LogP contribution in [0.5, 0.6) is 0 Å². The Morgan fingerprint density at radius 1 is 1.05 bits per heavy atom. The highest BCUT2D eigenvalue weighted by atomic mass is 19.4. The van der Waals surface area contributed by atoms with E-state index in [1.54, 1.807) is 0 Å². The topological polar surface area (TPSA) is 32.5 Å². The van der Waals surface area contributed by atoms with Gasteiger partial charge in [-0.25, -0.2) is 0 Å². The van der Waals surface area contributed by atoms with Gasteiger partial charge in [0.05, 0.1) is 0 Å². The molecule has 0 aliphatic carbocycles. The van der Waals surface area contributed by atoms with Gasteiger partial charge in [-0.3, -0.25) is 9.80 Å². The number of alkyl halides is 3. The zero-order chi connectivity index (χ0) is 14.6. The highest BCUT2D eigenvalue weighted by Crippen LogP contribution is 2.25. The number of halogens is 3. The molecule has 0 aromatic heterocycles. The highest BCUT2D eigenvalue weighted by molar-refractivity contribution is 5.14. The Hall–Kier alpha value is -1.11. The van der Waals surface area contributed by atoms with Gasteiger partial charge in [0.2, 0.25) is 0 Å². The average molecular weight is 287 g/mol. The van der Waals surface area contributed by atoms with Crippen LogP contribution in [0.25, 0.3) is 0 Å². The fraction of sp³-hybridized carbons (Fsp3) is 0.571. The van der Waals surface area contributed by atoms with E-state index < -0.39 is 12.2 Å². The Kier molecular flexibility index (Phi) is 5.01. The van der Waals surface area contributed by atoms with Crippen LogP contribution in [0.2, 0.25) is 0 Å². The van der Waals surface area contributed by atoms with Gasteiger partial charge in [-0.2, -0.15) is 13.2 Å². The summed E-state index contributed by atoms with van der Waals surface area (Å²) >= 11 is 0. The number of piperazine rings is 1. The summed E-state index contributed by atoms with van der Waals surface area (Å²) in [4.78, 5) is 3.62. The van der Waals surface area contributed by atoms with Gasteiger partial charge in [-0.1, -0.05) is 30.3 Å². The zero-order valence-corrected chi connectivity index (χ0v) is 11.3. The SMILES string of the molecule is NCC(N1CCN(Cc2ccccc2)CC1)C(F)(F)F. The van der Waals surface area contributed by atoms with Gasteiger partial charge in [0.25, 0.3) is 0 Å². The van der Waals surface area contributed by atoms with Crippen molar-refractivity contribution in [3.63, 3.8) is 0 Å². The lowest BCUT2D eigenvalue weighted by molar-refractivity contribution is -0.184. The monoisotopic (exact) mass is 287 g/mol. The molecule has 1 unspecified atom stereocenters. The van der Waals surface area contributed by atoms with E-state index in [9.17, 15) is 13.2 Å². The molecule has 0 spiro atoms. The Labute approximate surface area is 117 Å². The molecule has 6 heteroatoms. The number of rotatable bonds is 4. The van der Waals surface area contributed by atoms with Crippen LogP contribution in [0.15, 0.2) is 30.3 Å². The van der Waals surface area contributed by atoms with Crippen molar-refractivity contribution in [3.8, 4) is 0 Å². The Morgan fingerprint density at radius 2 is 1.65 bits per heavy atom. The van der Waals surface area contributed by atoms with Gasteiger partial charge in [0, 0.05) is 39.3 Å². The predicted octanol–water partition coefficient (Wildman–Crippen LogP) is 1.69. The van der Waals surface area contributed by atoms with Crippen molar-refractivity contribution in [2.24, 2.45) is 5.73 Å². The van der Waals surface area contributed by atoms with E-state index in [-0.39, 0.29) is 6.54 Å². The van der Waals surface area contributed by atoms with E-state index >= 15 is 0 Å². The molecule has 1 heterocycles.